The first kappa shape index (κ1) is 26.6. The van der Waals surface area contributed by atoms with Gasteiger partial charge >= 0.3 is 0 Å². The number of nitrogens with zero attached hydrogens (tertiary/aromatic N) is 2. The lowest BCUT2D eigenvalue weighted by atomic mass is 9.84. The molecule has 0 spiro atoms. The Bertz CT molecular complexity index is 701. The van der Waals surface area contributed by atoms with Crippen LogP contribution in [0.25, 0.3) is 0 Å². The molecular weight excluding hydrogens is 394 g/mol. The second-order valence-corrected chi connectivity index (χ2v) is 9.25. The second kappa shape index (κ2) is 12.4. The highest BCUT2D eigenvalue weighted by Crippen LogP contribution is 2.24. The number of likely N-dealkylation sites (N-methyl/N-ethyl adjacent to an activating group) is 1. The number of benzene rings is 1. The van der Waals surface area contributed by atoms with Gasteiger partial charge in [-0.1, -0.05) is 70.9 Å². The van der Waals surface area contributed by atoms with Crippen LogP contribution in [0.3, 0.4) is 0 Å². The Hall–Kier alpha value is -2.41. The molecule has 31 heavy (non-hydrogen) atoms. The lowest BCUT2D eigenvalue weighted by Gasteiger charge is -2.35. The van der Waals surface area contributed by atoms with Gasteiger partial charge in [-0.15, -0.1) is 0 Å². The van der Waals surface area contributed by atoms with Gasteiger partial charge in [-0.3, -0.25) is 19.2 Å². The molecule has 0 bridgehead atoms. The van der Waals surface area contributed by atoms with Crippen molar-refractivity contribution < 1.29 is 19.2 Å². The van der Waals surface area contributed by atoms with Crippen molar-refractivity contribution in [3.05, 3.63) is 35.9 Å². The highest BCUT2D eigenvalue weighted by Gasteiger charge is 2.37. The van der Waals surface area contributed by atoms with Crippen LogP contribution in [0.5, 0.6) is 0 Å². The van der Waals surface area contributed by atoms with Gasteiger partial charge in [0.25, 0.3) is 0 Å². The number of nitrogens with one attached hydrogen (secondary N) is 1. The summed E-state index contributed by atoms with van der Waals surface area (Å²) in [5.41, 5.74) is 0.476. The minimum atomic E-state index is -0.666. The monoisotopic (exact) mass is 433 g/mol. The van der Waals surface area contributed by atoms with Crippen molar-refractivity contribution in [1.82, 2.24) is 15.3 Å². The molecule has 1 rings (SSSR count). The summed E-state index contributed by atoms with van der Waals surface area (Å²) in [4.78, 5) is 45.0. The summed E-state index contributed by atoms with van der Waals surface area (Å²) in [6.07, 6.45) is 2.96. The molecule has 0 saturated heterocycles. The summed E-state index contributed by atoms with van der Waals surface area (Å²) in [6, 6.07) is 8.39. The lowest BCUT2D eigenvalue weighted by molar-refractivity contribution is -0.197. The maximum Gasteiger partial charge on any atom is 0.245 e. The quantitative estimate of drug-likeness (QED) is 0.405. The minimum Gasteiger partial charge on any atom is -0.347 e. The third-order valence-corrected chi connectivity index (χ3v) is 5.36. The van der Waals surface area contributed by atoms with E-state index in [4.69, 9.17) is 4.84 Å². The van der Waals surface area contributed by atoms with Crippen LogP contribution in [0.2, 0.25) is 0 Å². The predicted octanol–water partition coefficient (Wildman–Crippen LogP) is 3.39. The van der Waals surface area contributed by atoms with E-state index in [2.05, 4.69) is 12.2 Å². The topological polar surface area (TPSA) is 79.0 Å². The molecule has 0 aromatic heterocycles. The van der Waals surface area contributed by atoms with Crippen molar-refractivity contribution in [1.29, 1.82) is 0 Å². The van der Waals surface area contributed by atoms with Gasteiger partial charge in [0.1, 0.15) is 12.6 Å². The van der Waals surface area contributed by atoms with Crippen molar-refractivity contribution in [2.75, 3.05) is 14.1 Å². The Kier molecular flexibility index (Phi) is 10.7. The molecule has 3 atom stereocenters. The Balaban J connectivity index is 3.00. The number of carbonyl (C=O) groups excluding carboxylic acids is 3. The Morgan fingerprint density at radius 3 is 2.26 bits per heavy atom. The maximum absolute atomic E-state index is 13.3. The largest absolute Gasteiger partial charge is 0.347 e. The van der Waals surface area contributed by atoms with Crippen LogP contribution in [-0.4, -0.2) is 54.4 Å². The summed E-state index contributed by atoms with van der Waals surface area (Å²) in [6.45, 7) is 9.85. The van der Waals surface area contributed by atoms with Gasteiger partial charge in [0.2, 0.25) is 18.2 Å². The highest BCUT2D eigenvalue weighted by atomic mass is 16.7. The van der Waals surface area contributed by atoms with Crippen LogP contribution < -0.4 is 5.32 Å². The van der Waals surface area contributed by atoms with Crippen LogP contribution >= 0.6 is 0 Å². The van der Waals surface area contributed by atoms with Crippen molar-refractivity contribution in [2.24, 2.45) is 11.3 Å². The summed E-state index contributed by atoms with van der Waals surface area (Å²) in [7, 11) is 3.35. The second-order valence-electron chi connectivity index (χ2n) is 9.25. The van der Waals surface area contributed by atoms with Gasteiger partial charge in [0.05, 0.1) is 12.0 Å². The molecule has 7 heteroatoms. The van der Waals surface area contributed by atoms with E-state index in [1.54, 1.807) is 21.0 Å². The van der Waals surface area contributed by atoms with Gasteiger partial charge in [-0.25, -0.2) is 5.06 Å². The van der Waals surface area contributed by atoms with Gasteiger partial charge in [0, 0.05) is 14.1 Å². The molecule has 0 fully saturated rings. The molecule has 1 unspecified atom stereocenters. The van der Waals surface area contributed by atoms with E-state index >= 15 is 0 Å². The summed E-state index contributed by atoms with van der Waals surface area (Å²) < 4.78 is 0. The fraction of sp³-hybridized carbons (Fsp3) is 0.625. The average molecular weight is 434 g/mol. The molecule has 0 saturated carbocycles. The number of unbranched alkanes of at least 4 members (excludes halogenated alkanes) is 1. The molecule has 0 radical (unpaired) electrons. The first-order valence-electron chi connectivity index (χ1n) is 10.9. The number of hydrogen-bond donors (Lipinski definition) is 1. The Morgan fingerprint density at radius 1 is 1.16 bits per heavy atom. The zero-order chi connectivity index (χ0) is 23.6. The van der Waals surface area contributed by atoms with E-state index in [-0.39, 0.29) is 18.4 Å². The minimum absolute atomic E-state index is 0.157. The first-order valence-corrected chi connectivity index (χ1v) is 10.9. The van der Waals surface area contributed by atoms with Crippen LogP contribution in [0.15, 0.2) is 30.3 Å². The van der Waals surface area contributed by atoms with Crippen LogP contribution in [-0.2, 0) is 25.8 Å². The number of rotatable bonds is 12. The summed E-state index contributed by atoms with van der Waals surface area (Å²) >= 11 is 0. The third-order valence-electron chi connectivity index (χ3n) is 5.36. The predicted molar refractivity (Wildman–Crippen MR) is 122 cm³/mol. The van der Waals surface area contributed by atoms with Gasteiger partial charge in [-0.05, 0) is 24.3 Å². The molecular formula is C24H39N3O4. The van der Waals surface area contributed by atoms with Crippen molar-refractivity contribution in [2.45, 2.75) is 72.6 Å². The normalized spacial score (nSPS) is 14.3. The van der Waals surface area contributed by atoms with E-state index in [0.29, 0.717) is 12.8 Å². The molecule has 3 amide bonds. The molecule has 0 heterocycles. The van der Waals surface area contributed by atoms with Crippen molar-refractivity contribution in [3.8, 4) is 0 Å². The van der Waals surface area contributed by atoms with Gasteiger partial charge < -0.3 is 10.2 Å². The first-order chi connectivity index (χ1) is 14.5. The van der Waals surface area contributed by atoms with Crippen molar-refractivity contribution >= 4 is 18.2 Å². The Morgan fingerprint density at radius 2 is 1.77 bits per heavy atom. The maximum atomic E-state index is 13.3. The average Bonchev–Trinajstić information content (AvgIpc) is 2.72. The van der Waals surface area contributed by atoms with Gasteiger partial charge in [0.15, 0.2) is 0 Å². The number of hydrogen-bond acceptors (Lipinski definition) is 4. The number of amides is 3. The zero-order valence-corrected chi connectivity index (χ0v) is 20.1. The zero-order valence-electron chi connectivity index (χ0n) is 20.1. The standard InChI is InChI=1S/C24H39N3O4/c1-8-9-15-20(22(29)25-21(24(3,4)5)23(30)26(6)7)18(2)27(17-28)31-16-19-13-11-10-12-14-19/h10-14,17-18,20-21H,8-9,15-16H2,1-7H3,(H,25,29)/t18?,20-,21-/m1/s1. The summed E-state index contributed by atoms with van der Waals surface area (Å²) in [5, 5.41) is 4.17. The fourth-order valence-corrected chi connectivity index (χ4v) is 3.32. The molecule has 174 valence electrons. The SMILES string of the molecule is CCCC[C@@H](C(=O)N[C@H](C(=O)N(C)C)C(C)(C)C)C(C)N(C=O)OCc1ccccc1. The van der Waals surface area contributed by atoms with Crippen LogP contribution in [0.4, 0.5) is 0 Å². The Labute approximate surface area is 187 Å². The van der Waals surface area contributed by atoms with E-state index in [1.807, 2.05) is 51.1 Å². The van der Waals surface area contributed by atoms with Crippen LogP contribution in [0.1, 0.15) is 59.4 Å². The van der Waals surface area contributed by atoms with E-state index in [1.165, 1.54) is 9.96 Å². The number of hydroxylamine groups is 2. The summed E-state index contributed by atoms with van der Waals surface area (Å²) in [5.74, 6) is -0.901. The molecule has 1 N–H and O–H groups in total. The van der Waals surface area contributed by atoms with Crippen molar-refractivity contribution in [3.63, 3.8) is 0 Å². The van der Waals surface area contributed by atoms with Gasteiger partial charge in [-0.2, -0.15) is 0 Å². The number of carbonyl (C=O) groups is 3. The highest BCUT2D eigenvalue weighted by molar-refractivity contribution is 5.89. The third kappa shape index (κ3) is 8.32. The molecule has 0 aliphatic heterocycles. The molecule has 1 aromatic rings. The molecule has 7 nitrogen and oxygen atoms in total. The van der Waals surface area contributed by atoms with E-state index in [0.717, 1.165) is 18.4 Å². The smallest absolute Gasteiger partial charge is 0.245 e. The molecule has 1 aromatic carbocycles. The van der Waals surface area contributed by atoms with E-state index < -0.39 is 23.4 Å². The molecule has 0 aliphatic carbocycles. The van der Waals surface area contributed by atoms with E-state index in [9.17, 15) is 14.4 Å². The lowest BCUT2D eigenvalue weighted by Crippen LogP contribution is -2.56. The fourth-order valence-electron chi connectivity index (χ4n) is 3.32. The van der Waals surface area contributed by atoms with Crippen LogP contribution in [0, 0.1) is 11.3 Å². The molecule has 0 aliphatic rings.